The number of anilines is 1. The van der Waals surface area contributed by atoms with Crippen molar-refractivity contribution in [2.75, 3.05) is 5.73 Å². The van der Waals surface area contributed by atoms with Crippen molar-refractivity contribution in [3.05, 3.63) is 67.1 Å². The SMILES string of the molecule is Cn1c(=N)n(-c2cncnc2)c2c3cc(-c4ccc(N)nc4)ccc3ncc21. The van der Waals surface area contributed by atoms with Gasteiger partial charge in [0, 0.05) is 24.2 Å². The summed E-state index contributed by atoms with van der Waals surface area (Å²) in [7, 11) is 1.85. The fourth-order valence-corrected chi connectivity index (χ4v) is 3.43. The second-order valence-electron chi connectivity index (χ2n) is 6.51. The van der Waals surface area contributed by atoms with E-state index < -0.39 is 0 Å². The third-order valence-corrected chi connectivity index (χ3v) is 4.86. The van der Waals surface area contributed by atoms with Gasteiger partial charge in [-0.2, -0.15) is 0 Å². The number of nitrogens with one attached hydrogen (secondary N) is 1. The fraction of sp³-hybridized carbons (Fsp3) is 0.0500. The highest BCUT2D eigenvalue weighted by atomic mass is 15.2. The molecule has 0 fully saturated rings. The molecule has 4 aromatic heterocycles. The van der Waals surface area contributed by atoms with Crippen molar-refractivity contribution in [1.29, 1.82) is 5.41 Å². The molecule has 3 N–H and O–H groups in total. The average molecular weight is 368 g/mol. The molecule has 8 heteroatoms. The molecule has 0 radical (unpaired) electrons. The zero-order valence-electron chi connectivity index (χ0n) is 15.0. The highest BCUT2D eigenvalue weighted by molar-refractivity contribution is 6.04. The first kappa shape index (κ1) is 16.1. The van der Waals surface area contributed by atoms with Crippen LogP contribution in [-0.4, -0.2) is 29.1 Å². The van der Waals surface area contributed by atoms with E-state index in [4.69, 9.17) is 11.1 Å². The van der Waals surface area contributed by atoms with Gasteiger partial charge < -0.3 is 10.3 Å². The van der Waals surface area contributed by atoms with Gasteiger partial charge in [0.1, 0.15) is 12.1 Å². The van der Waals surface area contributed by atoms with Crippen LogP contribution >= 0.6 is 0 Å². The number of nitrogen functional groups attached to an aromatic ring is 1. The lowest BCUT2D eigenvalue weighted by Crippen LogP contribution is -2.21. The van der Waals surface area contributed by atoms with Gasteiger partial charge in [-0.25, -0.2) is 15.0 Å². The van der Waals surface area contributed by atoms with Crippen LogP contribution in [0.15, 0.2) is 61.4 Å². The summed E-state index contributed by atoms with van der Waals surface area (Å²) in [4.78, 5) is 17.0. The van der Waals surface area contributed by atoms with E-state index in [0.29, 0.717) is 11.4 Å². The van der Waals surface area contributed by atoms with E-state index in [1.807, 2.05) is 29.8 Å². The summed E-state index contributed by atoms with van der Waals surface area (Å²) < 4.78 is 3.64. The molecule has 0 amide bonds. The molecule has 5 rings (SSSR count). The van der Waals surface area contributed by atoms with Crippen LogP contribution < -0.4 is 11.4 Å². The number of nitrogens with two attached hydrogens (primary N) is 1. The van der Waals surface area contributed by atoms with Gasteiger partial charge in [-0.05, 0) is 29.8 Å². The predicted octanol–water partition coefficient (Wildman–Crippen LogP) is 2.43. The van der Waals surface area contributed by atoms with Crippen molar-refractivity contribution in [1.82, 2.24) is 29.1 Å². The lowest BCUT2D eigenvalue weighted by molar-refractivity contribution is 0.784. The minimum atomic E-state index is 0.318. The third kappa shape index (κ3) is 2.35. The van der Waals surface area contributed by atoms with Gasteiger partial charge >= 0.3 is 0 Å². The van der Waals surface area contributed by atoms with Crippen molar-refractivity contribution >= 4 is 27.8 Å². The average Bonchev–Trinajstić information content (AvgIpc) is 3.00. The summed E-state index contributed by atoms with van der Waals surface area (Å²) in [5.74, 6) is 0.484. The summed E-state index contributed by atoms with van der Waals surface area (Å²) in [6.45, 7) is 0. The van der Waals surface area contributed by atoms with Crippen molar-refractivity contribution < 1.29 is 0 Å². The van der Waals surface area contributed by atoms with Crippen LogP contribution in [0.2, 0.25) is 0 Å². The predicted molar refractivity (Wildman–Crippen MR) is 107 cm³/mol. The minimum absolute atomic E-state index is 0.318. The van der Waals surface area contributed by atoms with E-state index >= 15 is 0 Å². The minimum Gasteiger partial charge on any atom is -0.384 e. The summed E-state index contributed by atoms with van der Waals surface area (Å²) in [6, 6.07) is 9.77. The van der Waals surface area contributed by atoms with Gasteiger partial charge in [0.2, 0.25) is 5.62 Å². The topological polar surface area (TPSA) is 111 Å². The molecule has 0 bridgehead atoms. The number of fused-ring (bicyclic) bond motifs is 3. The summed E-state index contributed by atoms with van der Waals surface area (Å²) in [5, 5.41) is 9.53. The molecule has 0 saturated carbocycles. The Morgan fingerprint density at radius 1 is 0.929 bits per heavy atom. The second-order valence-corrected chi connectivity index (χ2v) is 6.51. The number of pyridine rings is 2. The molecular formula is C20H16N8. The monoisotopic (exact) mass is 368 g/mol. The van der Waals surface area contributed by atoms with Gasteiger partial charge in [0.05, 0.1) is 40.8 Å². The lowest BCUT2D eigenvalue weighted by atomic mass is 10.0. The van der Waals surface area contributed by atoms with E-state index in [1.165, 1.54) is 6.33 Å². The van der Waals surface area contributed by atoms with E-state index in [1.54, 1.807) is 35.4 Å². The maximum absolute atomic E-state index is 8.60. The highest BCUT2D eigenvalue weighted by Gasteiger charge is 2.15. The molecule has 0 unspecified atom stereocenters. The first-order valence-corrected chi connectivity index (χ1v) is 8.65. The molecule has 0 saturated heterocycles. The van der Waals surface area contributed by atoms with Crippen molar-refractivity contribution in [2.45, 2.75) is 0 Å². The quantitative estimate of drug-likeness (QED) is 0.497. The molecule has 28 heavy (non-hydrogen) atoms. The van der Waals surface area contributed by atoms with E-state index in [-0.39, 0.29) is 0 Å². The molecule has 0 atom stereocenters. The largest absolute Gasteiger partial charge is 0.384 e. The Kier molecular flexibility index (Phi) is 3.45. The molecule has 0 spiro atoms. The second kappa shape index (κ2) is 5.98. The van der Waals surface area contributed by atoms with E-state index in [2.05, 4.69) is 26.0 Å². The van der Waals surface area contributed by atoms with Crippen LogP contribution in [0.5, 0.6) is 0 Å². The molecule has 0 aliphatic carbocycles. The summed E-state index contributed by atoms with van der Waals surface area (Å²) in [6.07, 6.45) is 8.42. The molecule has 136 valence electrons. The van der Waals surface area contributed by atoms with Gasteiger partial charge in [-0.15, -0.1) is 0 Å². The van der Waals surface area contributed by atoms with Gasteiger partial charge in [0.25, 0.3) is 0 Å². The van der Waals surface area contributed by atoms with Crippen LogP contribution in [0.3, 0.4) is 0 Å². The molecule has 0 aliphatic rings. The fourth-order valence-electron chi connectivity index (χ4n) is 3.43. The van der Waals surface area contributed by atoms with Gasteiger partial charge in [-0.3, -0.25) is 15.0 Å². The first-order valence-electron chi connectivity index (χ1n) is 8.65. The molecular weight excluding hydrogens is 352 g/mol. The van der Waals surface area contributed by atoms with Crippen molar-refractivity contribution in [2.24, 2.45) is 7.05 Å². The highest BCUT2D eigenvalue weighted by Crippen LogP contribution is 2.29. The Morgan fingerprint density at radius 3 is 2.46 bits per heavy atom. The number of aryl methyl sites for hydroxylation is 1. The van der Waals surface area contributed by atoms with Crippen molar-refractivity contribution in [3.63, 3.8) is 0 Å². The zero-order valence-corrected chi connectivity index (χ0v) is 15.0. The smallest absolute Gasteiger partial charge is 0.207 e. The Balaban J connectivity index is 1.88. The van der Waals surface area contributed by atoms with Crippen LogP contribution in [0.1, 0.15) is 0 Å². The maximum atomic E-state index is 8.60. The molecule has 4 heterocycles. The third-order valence-electron chi connectivity index (χ3n) is 4.86. The number of aromatic nitrogens is 6. The molecule has 1 aromatic carbocycles. The Hall–Kier alpha value is -4.07. The van der Waals surface area contributed by atoms with Crippen LogP contribution in [0, 0.1) is 5.41 Å². The number of hydrogen-bond acceptors (Lipinski definition) is 6. The summed E-state index contributed by atoms with van der Waals surface area (Å²) >= 11 is 0. The zero-order chi connectivity index (χ0) is 19.3. The van der Waals surface area contributed by atoms with Crippen molar-refractivity contribution in [3.8, 4) is 16.8 Å². The Morgan fingerprint density at radius 2 is 1.71 bits per heavy atom. The molecule has 8 nitrogen and oxygen atoms in total. The van der Waals surface area contributed by atoms with Gasteiger partial charge in [0.15, 0.2) is 0 Å². The molecule has 0 aliphatic heterocycles. The number of imidazole rings is 1. The Labute approximate surface area is 159 Å². The van der Waals surface area contributed by atoms with Crippen LogP contribution in [0.25, 0.3) is 38.8 Å². The number of benzene rings is 1. The van der Waals surface area contributed by atoms with Crippen LogP contribution in [0.4, 0.5) is 5.82 Å². The maximum Gasteiger partial charge on any atom is 0.207 e. The standard InChI is InChI=1S/C20H16N8/c1-27-17-10-25-16-4-2-12(13-3-5-18(21)26-7-13)6-15(16)19(17)28(20(27)22)14-8-23-11-24-9-14/h2-11,22H,1H3,(H2,21,26). The molecule has 5 aromatic rings. The van der Waals surface area contributed by atoms with Crippen LogP contribution in [-0.2, 0) is 7.05 Å². The van der Waals surface area contributed by atoms with Gasteiger partial charge in [-0.1, -0.05) is 6.07 Å². The number of rotatable bonds is 2. The normalized spacial score (nSPS) is 11.3. The van der Waals surface area contributed by atoms with E-state index in [9.17, 15) is 0 Å². The first-order chi connectivity index (χ1) is 13.6. The number of hydrogen-bond donors (Lipinski definition) is 2. The number of nitrogens with zero attached hydrogens (tertiary/aromatic N) is 6. The Bertz CT molecular complexity index is 1380. The van der Waals surface area contributed by atoms with E-state index in [0.717, 1.165) is 38.8 Å². The summed E-state index contributed by atoms with van der Waals surface area (Å²) in [5.41, 5.74) is 11.3. The lowest BCUT2D eigenvalue weighted by Gasteiger charge is -2.08.